The number of hydrogen-bond acceptors (Lipinski definition) is 4. The molecular formula is C17H24N2O3. The zero-order valence-electron chi connectivity index (χ0n) is 12.8. The smallest absolute Gasteiger partial charge is 0.410 e. The van der Waals surface area contributed by atoms with E-state index < -0.39 is 0 Å². The van der Waals surface area contributed by atoms with E-state index in [1.807, 2.05) is 30.3 Å². The van der Waals surface area contributed by atoms with Gasteiger partial charge >= 0.3 is 6.09 Å². The number of carbonyl (C=O) groups excluding carboxylic acids is 1. The van der Waals surface area contributed by atoms with E-state index >= 15 is 0 Å². The third-order valence-electron chi connectivity index (χ3n) is 4.42. The lowest BCUT2D eigenvalue weighted by Gasteiger charge is -2.38. The number of benzene rings is 1. The van der Waals surface area contributed by atoms with Crippen LogP contribution in [0.3, 0.4) is 0 Å². The van der Waals surface area contributed by atoms with Crippen LogP contribution in [-0.2, 0) is 16.1 Å². The molecule has 2 fully saturated rings. The van der Waals surface area contributed by atoms with Gasteiger partial charge in [0, 0.05) is 19.1 Å². The molecule has 2 aliphatic rings. The summed E-state index contributed by atoms with van der Waals surface area (Å²) < 4.78 is 11.4. The van der Waals surface area contributed by atoms with E-state index in [1.54, 1.807) is 4.90 Å². The number of piperidine rings is 1. The predicted molar refractivity (Wildman–Crippen MR) is 83.3 cm³/mol. The van der Waals surface area contributed by atoms with Crippen molar-refractivity contribution in [1.82, 2.24) is 4.90 Å². The molecule has 5 nitrogen and oxygen atoms in total. The van der Waals surface area contributed by atoms with Gasteiger partial charge in [-0.15, -0.1) is 0 Å². The molecule has 0 unspecified atom stereocenters. The molecular weight excluding hydrogens is 280 g/mol. The van der Waals surface area contributed by atoms with Gasteiger partial charge in [0.2, 0.25) is 0 Å². The standard InChI is InChI=1S/C17H24N2O3/c18-14-10-16(11-14)22-15-6-8-19(9-7-15)17(20)21-12-13-4-2-1-3-5-13/h1-5,14-16H,6-12,18H2. The summed E-state index contributed by atoms with van der Waals surface area (Å²) in [7, 11) is 0. The Kier molecular flexibility index (Phi) is 4.95. The van der Waals surface area contributed by atoms with Crippen LogP contribution in [0.15, 0.2) is 30.3 Å². The normalized spacial score (nSPS) is 25.6. The van der Waals surface area contributed by atoms with Gasteiger partial charge in [0.15, 0.2) is 0 Å². The first kappa shape index (κ1) is 15.3. The third kappa shape index (κ3) is 3.99. The Balaban J connectivity index is 1.36. The van der Waals surface area contributed by atoms with Crippen LogP contribution in [0.5, 0.6) is 0 Å². The van der Waals surface area contributed by atoms with Crippen LogP contribution in [0.4, 0.5) is 4.79 Å². The summed E-state index contributed by atoms with van der Waals surface area (Å²) in [5.41, 5.74) is 6.78. The summed E-state index contributed by atoms with van der Waals surface area (Å²) in [6.45, 7) is 1.74. The molecule has 1 aromatic rings. The van der Waals surface area contributed by atoms with Crippen LogP contribution < -0.4 is 5.73 Å². The minimum atomic E-state index is -0.229. The van der Waals surface area contributed by atoms with Gasteiger partial charge in [0.25, 0.3) is 0 Å². The topological polar surface area (TPSA) is 64.8 Å². The molecule has 3 rings (SSSR count). The van der Waals surface area contributed by atoms with Crippen LogP contribution >= 0.6 is 0 Å². The monoisotopic (exact) mass is 304 g/mol. The van der Waals surface area contributed by atoms with Gasteiger partial charge in [0.1, 0.15) is 6.61 Å². The van der Waals surface area contributed by atoms with Crippen LogP contribution in [-0.4, -0.2) is 42.3 Å². The predicted octanol–water partition coefficient (Wildman–Crippen LogP) is 2.29. The lowest BCUT2D eigenvalue weighted by molar-refractivity contribution is -0.0782. The molecule has 1 aromatic carbocycles. The number of nitrogens with zero attached hydrogens (tertiary/aromatic N) is 1. The van der Waals surface area contributed by atoms with Crippen molar-refractivity contribution in [1.29, 1.82) is 0 Å². The number of rotatable bonds is 4. The number of carbonyl (C=O) groups is 1. The molecule has 5 heteroatoms. The number of ether oxygens (including phenoxy) is 2. The van der Waals surface area contributed by atoms with Crippen LogP contribution in [0.25, 0.3) is 0 Å². The first-order valence-corrected chi connectivity index (χ1v) is 8.07. The highest BCUT2D eigenvalue weighted by Crippen LogP contribution is 2.26. The van der Waals surface area contributed by atoms with Crippen LogP contribution in [0, 0.1) is 0 Å². The minimum Gasteiger partial charge on any atom is -0.445 e. The number of nitrogens with two attached hydrogens (primary N) is 1. The highest BCUT2D eigenvalue weighted by molar-refractivity contribution is 5.67. The van der Waals surface area contributed by atoms with Crippen molar-refractivity contribution in [2.45, 2.75) is 50.5 Å². The third-order valence-corrected chi connectivity index (χ3v) is 4.42. The zero-order valence-corrected chi connectivity index (χ0v) is 12.8. The summed E-state index contributed by atoms with van der Waals surface area (Å²) in [5, 5.41) is 0. The van der Waals surface area contributed by atoms with E-state index in [4.69, 9.17) is 15.2 Å². The zero-order chi connectivity index (χ0) is 15.4. The Hall–Kier alpha value is -1.59. The van der Waals surface area contributed by atoms with Gasteiger partial charge in [-0.25, -0.2) is 4.79 Å². The fourth-order valence-corrected chi connectivity index (χ4v) is 2.97. The highest BCUT2D eigenvalue weighted by Gasteiger charge is 2.31. The molecule has 0 radical (unpaired) electrons. The van der Waals surface area contributed by atoms with E-state index in [1.165, 1.54) is 0 Å². The number of amides is 1. The molecule has 1 heterocycles. The first-order chi connectivity index (χ1) is 10.7. The van der Waals surface area contributed by atoms with E-state index in [9.17, 15) is 4.79 Å². The quantitative estimate of drug-likeness (QED) is 0.927. The molecule has 1 amide bonds. The lowest BCUT2D eigenvalue weighted by Crippen LogP contribution is -2.46. The second-order valence-electron chi connectivity index (χ2n) is 6.22. The molecule has 0 aromatic heterocycles. The van der Waals surface area contributed by atoms with Crippen LogP contribution in [0.1, 0.15) is 31.2 Å². The maximum absolute atomic E-state index is 12.1. The SMILES string of the molecule is NC1CC(OC2CCN(C(=O)OCc3ccccc3)CC2)C1. The molecule has 1 saturated carbocycles. The largest absolute Gasteiger partial charge is 0.445 e. The Morgan fingerprint density at radius 2 is 1.82 bits per heavy atom. The van der Waals surface area contributed by atoms with Crippen molar-refractivity contribution in [2.24, 2.45) is 5.73 Å². The Morgan fingerprint density at radius 3 is 2.45 bits per heavy atom. The second-order valence-corrected chi connectivity index (χ2v) is 6.22. The highest BCUT2D eigenvalue weighted by atomic mass is 16.6. The Morgan fingerprint density at radius 1 is 1.14 bits per heavy atom. The summed E-state index contributed by atoms with van der Waals surface area (Å²) in [6, 6.07) is 10.1. The maximum Gasteiger partial charge on any atom is 0.410 e. The number of hydrogen-bond donors (Lipinski definition) is 1. The molecule has 1 aliphatic heterocycles. The van der Waals surface area contributed by atoms with Gasteiger partial charge < -0.3 is 20.1 Å². The first-order valence-electron chi connectivity index (χ1n) is 8.07. The van der Waals surface area contributed by atoms with Gasteiger partial charge in [-0.05, 0) is 31.2 Å². The molecule has 22 heavy (non-hydrogen) atoms. The minimum absolute atomic E-state index is 0.229. The molecule has 0 bridgehead atoms. The lowest BCUT2D eigenvalue weighted by atomic mass is 9.90. The Labute approximate surface area is 131 Å². The van der Waals surface area contributed by atoms with Gasteiger partial charge in [-0.2, -0.15) is 0 Å². The van der Waals surface area contributed by atoms with E-state index in [2.05, 4.69) is 0 Å². The fourth-order valence-electron chi connectivity index (χ4n) is 2.97. The van der Waals surface area contributed by atoms with Gasteiger partial charge in [0.05, 0.1) is 12.2 Å². The van der Waals surface area contributed by atoms with Crippen molar-refractivity contribution in [3.63, 3.8) is 0 Å². The average molecular weight is 304 g/mol. The van der Waals surface area contributed by atoms with E-state index in [0.29, 0.717) is 31.8 Å². The maximum atomic E-state index is 12.1. The molecule has 1 aliphatic carbocycles. The number of likely N-dealkylation sites (tertiary alicyclic amines) is 1. The van der Waals surface area contributed by atoms with Crippen molar-refractivity contribution in [3.8, 4) is 0 Å². The summed E-state index contributed by atoms with van der Waals surface area (Å²) in [5.74, 6) is 0. The fraction of sp³-hybridized carbons (Fsp3) is 0.588. The molecule has 0 spiro atoms. The van der Waals surface area contributed by atoms with Crippen molar-refractivity contribution < 1.29 is 14.3 Å². The van der Waals surface area contributed by atoms with Crippen LogP contribution in [0.2, 0.25) is 0 Å². The summed E-state index contributed by atoms with van der Waals surface area (Å²) in [4.78, 5) is 13.8. The van der Waals surface area contributed by atoms with Gasteiger partial charge in [-0.3, -0.25) is 0 Å². The summed E-state index contributed by atoms with van der Waals surface area (Å²) >= 11 is 0. The second kappa shape index (κ2) is 7.11. The van der Waals surface area contributed by atoms with Crippen molar-refractivity contribution >= 4 is 6.09 Å². The molecule has 120 valence electrons. The molecule has 1 saturated heterocycles. The van der Waals surface area contributed by atoms with Gasteiger partial charge in [-0.1, -0.05) is 30.3 Å². The van der Waals surface area contributed by atoms with E-state index in [0.717, 1.165) is 31.2 Å². The molecule has 0 atom stereocenters. The summed E-state index contributed by atoms with van der Waals surface area (Å²) in [6.07, 6.45) is 4.07. The Bertz CT molecular complexity index is 480. The molecule has 2 N–H and O–H groups in total. The van der Waals surface area contributed by atoms with E-state index in [-0.39, 0.29) is 12.2 Å². The van der Waals surface area contributed by atoms with Crippen molar-refractivity contribution in [3.05, 3.63) is 35.9 Å². The van der Waals surface area contributed by atoms with Crippen molar-refractivity contribution in [2.75, 3.05) is 13.1 Å². The average Bonchev–Trinajstić information content (AvgIpc) is 2.53.